The average molecular weight is 590 g/mol. The highest BCUT2D eigenvalue weighted by Gasteiger charge is 2.27. The highest BCUT2D eigenvalue weighted by molar-refractivity contribution is 7.92. The molecule has 4 aromatic rings. The summed E-state index contributed by atoms with van der Waals surface area (Å²) in [5.41, 5.74) is 6.17. The third-order valence-electron chi connectivity index (χ3n) is 5.76. The van der Waals surface area contributed by atoms with Gasteiger partial charge in [-0.1, -0.05) is 53.0 Å². The Kier molecular flexibility index (Phi) is 8.47. The van der Waals surface area contributed by atoms with Gasteiger partial charge in [0.1, 0.15) is 6.54 Å². The van der Waals surface area contributed by atoms with Gasteiger partial charge in [-0.05, 0) is 74.5 Å². The van der Waals surface area contributed by atoms with Crippen LogP contribution >= 0.6 is 34.8 Å². The second-order valence-electron chi connectivity index (χ2n) is 8.35. The van der Waals surface area contributed by atoms with Crippen LogP contribution in [0.1, 0.15) is 17.0 Å². The first-order chi connectivity index (χ1) is 18.1. The number of hydrogen-bond acceptors (Lipinski definition) is 4. The van der Waals surface area contributed by atoms with Crippen molar-refractivity contribution in [1.29, 1.82) is 0 Å². The zero-order chi connectivity index (χ0) is 27.4. The van der Waals surface area contributed by atoms with E-state index in [0.717, 1.165) is 26.9 Å². The SMILES string of the molecule is Cc1cc(/C=N\NC(=O)CN(c2ccccc2)S(=O)(=O)c2ccc(Cl)cc2)c(C)n1-c1ccc(Cl)c(Cl)c1. The fourth-order valence-electron chi connectivity index (χ4n) is 3.92. The molecule has 0 radical (unpaired) electrons. The van der Waals surface area contributed by atoms with Crippen LogP contribution in [0.3, 0.4) is 0 Å². The van der Waals surface area contributed by atoms with Crippen LogP contribution < -0.4 is 9.73 Å². The van der Waals surface area contributed by atoms with Crippen molar-refractivity contribution < 1.29 is 13.2 Å². The molecule has 0 fully saturated rings. The van der Waals surface area contributed by atoms with E-state index in [0.29, 0.717) is 20.8 Å². The van der Waals surface area contributed by atoms with Gasteiger partial charge < -0.3 is 4.57 Å². The Labute approximate surface area is 236 Å². The Balaban J connectivity index is 1.54. The Hall–Kier alpha value is -3.30. The molecule has 0 aliphatic heterocycles. The van der Waals surface area contributed by atoms with E-state index in [1.54, 1.807) is 42.5 Å². The molecular formula is C27H23Cl3N4O3S. The van der Waals surface area contributed by atoms with Crippen LogP contribution in [0.2, 0.25) is 15.1 Å². The van der Waals surface area contributed by atoms with Gasteiger partial charge in [-0.3, -0.25) is 9.10 Å². The first-order valence-electron chi connectivity index (χ1n) is 11.4. The van der Waals surface area contributed by atoms with Gasteiger partial charge in [0, 0.05) is 27.7 Å². The Bertz CT molecular complexity index is 1600. The Morgan fingerprint density at radius 3 is 2.29 bits per heavy atom. The van der Waals surface area contributed by atoms with Crippen molar-refractivity contribution in [2.45, 2.75) is 18.7 Å². The van der Waals surface area contributed by atoms with Crippen LogP contribution in [-0.2, 0) is 14.8 Å². The number of nitrogens with zero attached hydrogens (tertiary/aromatic N) is 3. The summed E-state index contributed by atoms with van der Waals surface area (Å²) in [6.07, 6.45) is 1.51. The number of nitrogens with one attached hydrogen (secondary N) is 1. The largest absolute Gasteiger partial charge is 0.318 e. The maximum atomic E-state index is 13.4. The van der Waals surface area contributed by atoms with E-state index in [4.69, 9.17) is 34.8 Å². The van der Waals surface area contributed by atoms with Gasteiger partial charge >= 0.3 is 0 Å². The van der Waals surface area contributed by atoms with Crippen LogP contribution in [-0.4, -0.2) is 31.7 Å². The fraction of sp³-hybridized carbons (Fsp3) is 0.111. The molecule has 0 atom stereocenters. The second-order valence-corrected chi connectivity index (χ2v) is 11.5. The summed E-state index contributed by atoms with van der Waals surface area (Å²) in [5, 5.41) is 5.38. The molecule has 0 saturated carbocycles. The van der Waals surface area contributed by atoms with Crippen LogP contribution in [0.5, 0.6) is 0 Å². The summed E-state index contributed by atoms with van der Waals surface area (Å²) in [6, 6.07) is 21.4. The molecule has 1 N–H and O–H groups in total. The number of halogens is 3. The monoisotopic (exact) mass is 588 g/mol. The second kappa shape index (κ2) is 11.6. The van der Waals surface area contributed by atoms with Crippen LogP contribution in [0, 0.1) is 13.8 Å². The van der Waals surface area contributed by atoms with Crippen molar-refractivity contribution in [2.75, 3.05) is 10.8 Å². The van der Waals surface area contributed by atoms with E-state index in [9.17, 15) is 13.2 Å². The normalized spacial score (nSPS) is 11.6. The van der Waals surface area contributed by atoms with E-state index in [1.807, 2.05) is 30.5 Å². The lowest BCUT2D eigenvalue weighted by molar-refractivity contribution is -0.119. The molecule has 1 amide bonds. The minimum atomic E-state index is -4.05. The number of aromatic nitrogens is 1. The highest BCUT2D eigenvalue weighted by Crippen LogP contribution is 2.28. The summed E-state index contributed by atoms with van der Waals surface area (Å²) in [5.74, 6) is -0.610. The molecular weight excluding hydrogens is 567 g/mol. The number of carbonyl (C=O) groups is 1. The summed E-state index contributed by atoms with van der Waals surface area (Å²) in [4.78, 5) is 12.8. The molecule has 7 nitrogen and oxygen atoms in total. The highest BCUT2D eigenvalue weighted by atomic mass is 35.5. The minimum absolute atomic E-state index is 0.0109. The molecule has 0 unspecified atom stereocenters. The van der Waals surface area contributed by atoms with Crippen LogP contribution in [0.25, 0.3) is 5.69 Å². The smallest absolute Gasteiger partial charge is 0.264 e. The third-order valence-corrected chi connectivity index (χ3v) is 8.54. The number of benzene rings is 3. The molecule has 0 saturated heterocycles. The van der Waals surface area contributed by atoms with E-state index < -0.39 is 22.5 Å². The topological polar surface area (TPSA) is 83.8 Å². The zero-order valence-corrected chi connectivity index (χ0v) is 23.5. The van der Waals surface area contributed by atoms with E-state index in [2.05, 4.69) is 10.5 Å². The van der Waals surface area contributed by atoms with Gasteiger partial charge in [0.05, 0.1) is 26.8 Å². The molecule has 3 aromatic carbocycles. The Morgan fingerprint density at radius 1 is 0.947 bits per heavy atom. The molecule has 0 aliphatic carbocycles. The number of para-hydroxylation sites is 1. The first-order valence-corrected chi connectivity index (χ1v) is 13.9. The van der Waals surface area contributed by atoms with Gasteiger partial charge in [-0.25, -0.2) is 13.8 Å². The van der Waals surface area contributed by atoms with Crippen molar-refractivity contribution in [2.24, 2.45) is 5.10 Å². The Morgan fingerprint density at radius 2 is 1.63 bits per heavy atom. The average Bonchev–Trinajstić information content (AvgIpc) is 3.17. The number of hydrazone groups is 1. The standard InChI is InChI=1S/C27H23Cl3N4O3S/c1-18-14-20(19(2)34(18)23-10-13-25(29)26(30)15-23)16-31-32-27(35)17-33(22-6-4-3-5-7-22)38(36,37)24-11-8-21(28)9-12-24/h3-16H,17H2,1-2H3,(H,32,35)/b31-16-. The fourth-order valence-corrected chi connectivity index (χ4v) is 5.76. The molecule has 1 heterocycles. The molecule has 38 heavy (non-hydrogen) atoms. The lowest BCUT2D eigenvalue weighted by Gasteiger charge is -2.23. The molecule has 0 aliphatic rings. The number of anilines is 1. The van der Waals surface area contributed by atoms with Crippen molar-refractivity contribution in [3.8, 4) is 5.69 Å². The predicted molar refractivity (Wildman–Crippen MR) is 153 cm³/mol. The van der Waals surface area contributed by atoms with Crippen LogP contribution in [0.15, 0.2) is 88.9 Å². The summed E-state index contributed by atoms with van der Waals surface area (Å²) in [6.45, 7) is 3.37. The molecule has 0 bridgehead atoms. The lowest BCUT2D eigenvalue weighted by atomic mass is 10.2. The van der Waals surface area contributed by atoms with Crippen molar-refractivity contribution in [3.05, 3.63) is 111 Å². The summed E-state index contributed by atoms with van der Waals surface area (Å²) >= 11 is 18.2. The lowest BCUT2D eigenvalue weighted by Crippen LogP contribution is -2.39. The number of hydrogen-bond donors (Lipinski definition) is 1. The molecule has 0 spiro atoms. The molecule has 11 heteroatoms. The third kappa shape index (κ3) is 6.05. The quantitative estimate of drug-likeness (QED) is 0.191. The van der Waals surface area contributed by atoms with Gasteiger partial charge in [0.2, 0.25) is 0 Å². The van der Waals surface area contributed by atoms with Gasteiger partial charge in [0.15, 0.2) is 0 Å². The van der Waals surface area contributed by atoms with Gasteiger partial charge in [-0.15, -0.1) is 0 Å². The zero-order valence-electron chi connectivity index (χ0n) is 20.4. The van der Waals surface area contributed by atoms with Crippen molar-refractivity contribution >= 4 is 62.6 Å². The van der Waals surface area contributed by atoms with E-state index in [1.165, 1.54) is 30.5 Å². The molecule has 1 aromatic heterocycles. The van der Waals surface area contributed by atoms with E-state index in [-0.39, 0.29) is 4.90 Å². The van der Waals surface area contributed by atoms with Crippen molar-refractivity contribution in [3.63, 3.8) is 0 Å². The number of rotatable bonds is 8. The summed E-state index contributed by atoms with van der Waals surface area (Å²) in [7, 11) is -4.05. The number of amides is 1. The number of aryl methyl sites for hydroxylation is 1. The minimum Gasteiger partial charge on any atom is -0.318 e. The first kappa shape index (κ1) is 27.7. The van der Waals surface area contributed by atoms with Gasteiger partial charge in [-0.2, -0.15) is 5.10 Å². The van der Waals surface area contributed by atoms with Crippen LogP contribution in [0.4, 0.5) is 5.69 Å². The maximum Gasteiger partial charge on any atom is 0.264 e. The van der Waals surface area contributed by atoms with Gasteiger partial charge in [0.25, 0.3) is 15.9 Å². The summed E-state index contributed by atoms with van der Waals surface area (Å²) < 4.78 is 29.8. The van der Waals surface area contributed by atoms with Crippen molar-refractivity contribution in [1.82, 2.24) is 9.99 Å². The maximum absolute atomic E-state index is 13.4. The number of carbonyl (C=O) groups excluding carboxylic acids is 1. The number of sulfonamides is 1. The molecule has 196 valence electrons. The molecule has 4 rings (SSSR count). The van der Waals surface area contributed by atoms with E-state index >= 15 is 0 Å². The predicted octanol–water partition coefficient (Wildman–Crippen LogP) is 6.40.